The molecular weight excluding hydrogens is 400 g/mol. The minimum Gasteiger partial charge on any atom is -0.496 e. The fourth-order valence-electron chi connectivity index (χ4n) is 2.98. The topological polar surface area (TPSA) is 146 Å². The number of aliphatic carboxylic acids is 1. The van der Waals surface area contributed by atoms with E-state index < -0.39 is 28.0 Å². The maximum absolute atomic E-state index is 12.7. The number of fused-ring (bicyclic) bond motifs is 1. The average molecular weight is 418 g/mol. The molecule has 4 N–H and O–H groups in total. The molecule has 3 rings (SSSR count). The molecule has 0 saturated heterocycles. The molecule has 0 aliphatic heterocycles. The van der Waals surface area contributed by atoms with E-state index in [0.717, 1.165) is 23.0 Å². The minimum absolute atomic E-state index is 0.00923. The van der Waals surface area contributed by atoms with E-state index in [9.17, 15) is 28.2 Å². The lowest BCUT2D eigenvalue weighted by Gasteiger charge is -2.15. The quantitative estimate of drug-likeness (QED) is 0.437. The summed E-state index contributed by atoms with van der Waals surface area (Å²) in [6.07, 6.45) is 1.53. The molecule has 0 fully saturated rings. The third-order valence-electron chi connectivity index (χ3n) is 4.41. The van der Waals surface area contributed by atoms with Crippen molar-refractivity contribution in [1.29, 1.82) is 0 Å². The zero-order chi connectivity index (χ0) is 21.2. The van der Waals surface area contributed by atoms with Crippen LogP contribution in [0.2, 0.25) is 0 Å². The molecule has 9 nitrogen and oxygen atoms in total. The number of para-hydroxylation sites is 1. The second kappa shape index (κ2) is 7.94. The Morgan fingerprint density at radius 2 is 1.90 bits per heavy atom. The van der Waals surface area contributed by atoms with Gasteiger partial charge in [0.15, 0.2) is 0 Å². The number of nitrogens with one attached hydrogen (secondary N) is 2. The predicted octanol–water partition coefficient (Wildman–Crippen LogP) is 1.85. The van der Waals surface area contributed by atoms with Gasteiger partial charge in [0.2, 0.25) is 10.0 Å². The number of methoxy groups -OCH3 is 1. The molecule has 152 valence electrons. The SMILES string of the molecule is COc1ccc(S(=O)(=O)N[C@H](Cc2c[nH]c3ccccc23)C(=O)O)cc1C(=O)O. The Labute approximate surface area is 166 Å². The fourth-order valence-corrected chi connectivity index (χ4v) is 4.19. The van der Waals surface area contributed by atoms with Crippen molar-refractivity contribution < 1.29 is 33.0 Å². The molecule has 0 aliphatic carbocycles. The summed E-state index contributed by atoms with van der Waals surface area (Å²) in [4.78, 5) is 25.7. The third kappa shape index (κ3) is 4.23. The Bertz CT molecular complexity index is 1180. The van der Waals surface area contributed by atoms with E-state index in [1.165, 1.54) is 13.2 Å². The van der Waals surface area contributed by atoms with Crippen LogP contribution >= 0.6 is 0 Å². The molecule has 0 unspecified atom stereocenters. The summed E-state index contributed by atoms with van der Waals surface area (Å²) < 4.78 is 32.4. The summed E-state index contributed by atoms with van der Waals surface area (Å²) in [7, 11) is -3.04. The van der Waals surface area contributed by atoms with E-state index in [1.807, 2.05) is 12.1 Å². The highest BCUT2D eigenvalue weighted by molar-refractivity contribution is 7.89. The second-order valence-electron chi connectivity index (χ2n) is 6.24. The van der Waals surface area contributed by atoms with Gasteiger partial charge in [0.1, 0.15) is 17.4 Å². The highest BCUT2D eigenvalue weighted by Gasteiger charge is 2.28. The highest BCUT2D eigenvalue weighted by Crippen LogP contribution is 2.24. The van der Waals surface area contributed by atoms with Crippen LogP contribution in [-0.4, -0.2) is 48.7 Å². The lowest BCUT2D eigenvalue weighted by Crippen LogP contribution is -2.42. The van der Waals surface area contributed by atoms with Gasteiger partial charge in [-0.25, -0.2) is 13.2 Å². The lowest BCUT2D eigenvalue weighted by molar-refractivity contribution is -0.138. The van der Waals surface area contributed by atoms with Crippen LogP contribution in [0, 0.1) is 0 Å². The molecule has 0 bridgehead atoms. The van der Waals surface area contributed by atoms with Crippen LogP contribution in [0.1, 0.15) is 15.9 Å². The number of rotatable bonds is 8. The Balaban J connectivity index is 1.91. The largest absolute Gasteiger partial charge is 0.496 e. The second-order valence-corrected chi connectivity index (χ2v) is 7.96. The first-order chi connectivity index (χ1) is 13.7. The van der Waals surface area contributed by atoms with E-state index in [4.69, 9.17) is 4.74 Å². The molecule has 1 atom stereocenters. The summed E-state index contributed by atoms with van der Waals surface area (Å²) in [5, 5.41) is 19.6. The molecule has 0 spiro atoms. The Morgan fingerprint density at radius 1 is 1.17 bits per heavy atom. The first-order valence-corrected chi connectivity index (χ1v) is 9.92. The minimum atomic E-state index is -4.30. The van der Waals surface area contributed by atoms with Gasteiger partial charge in [-0.2, -0.15) is 4.72 Å². The van der Waals surface area contributed by atoms with Crippen molar-refractivity contribution >= 4 is 32.9 Å². The number of aromatic amines is 1. The number of carbonyl (C=O) groups is 2. The summed E-state index contributed by atoms with van der Waals surface area (Å²) in [5.41, 5.74) is 1.09. The van der Waals surface area contributed by atoms with Gasteiger partial charge in [0.05, 0.1) is 12.0 Å². The normalized spacial score (nSPS) is 12.6. The molecule has 3 aromatic rings. The van der Waals surface area contributed by atoms with Crippen LogP contribution in [0.5, 0.6) is 5.75 Å². The van der Waals surface area contributed by atoms with Crippen molar-refractivity contribution in [2.24, 2.45) is 0 Å². The molecular formula is C19H18N2O7S. The Morgan fingerprint density at radius 3 is 2.55 bits per heavy atom. The van der Waals surface area contributed by atoms with Gasteiger partial charge in [0, 0.05) is 23.5 Å². The Kier molecular flexibility index (Phi) is 5.57. The molecule has 0 amide bonds. The summed E-state index contributed by atoms with van der Waals surface area (Å²) in [6.45, 7) is 0. The zero-order valence-electron chi connectivity index (χ0n) is 15.2. The fraction of sp³-hybridized carbons (Fsp3) is 0.158. The van der Waals surface area contributed by atoms with Crippen molar-refractivity contribution in [2.45, 2.75) is 17.4 Å². The van der Waals surface area contributed by atoms with Gasteiger partial charge in [0.25, 0.3) is 0 Å². The zero-order valence-corrected chi connectivity index (χ0v) is 16.1. The number of H-pyrrole nitrogens is 1. The van der Waals surface area contributed by atoms with Crippen LogP contribution in [0.3, 0.4) is 0 Å². The molecule has 29 heavy (non-hydrogen) atoms. The van der Waals surface area contributed by atoms with Crippen LogP contribution in [0.4, 0.5) is 0 Å². The molecule has 2 aromatic carbocycles. The predicted molar refractivity (Wildman–Crippen MR) is 104 cm³/mol. The van der Waals surface area contributed by atoms with Crippen molar-refractivity contribution in [3.8, 4) is 5.75 Å². The first-order valence-electron chi connectivity index (χ1n) is 8.44. The smallest absolute Gasteiger partial charge is 0.339 e. The molecule has 1 heterocycles. The third-order valence-corrected chi connectivity index (χ3v) is 5.88. The molecule has 0 aliphatic rings. The Hall–Kier alpha value is -3.37. The summed E-state index contributed by atoms with van der Waals surface area (Å²) >= 11 is 0. The molecule has 0 saturated carbocycles. The number of hydrogen-bond donors (Lipinski definition) is 4. The summed E-state index contributed by atoms with van der Waals surface area (Å²) in [6, 6.07) is 9.07. The average Bonchev–Trinajstić information content (AvgIpc) is 3.09. The molecule has 0 radical (unpaired) electrons. The van der Waals surface area contributed by atoms with Gasteiger partial charge in [-0.05, 0) is 29.8 Å². The van der Waals surface area contributed by atoms with E-state index >= 15 is 0 Å². The molecule has 10 heteroatoms. The van der Waals surface area contributed by atoms with Crippen molar-refractivity contribution in [2.75, 3.05) is 7.11 Å². The van der Waals surface area contributed by atoms with E-state index in [0.29, 0.717) is 5.56 Å². The molecule has 1 aromatic heterocycles. The monoisotopic (exact) mass is 418 g/mol. The van der Waals surface area contributed by atoms with Crippen LogP contribution in [0.15, 0.2) is 53.6 Å². The maximum atomic E-state index is 12.7. The number of sulfonamides is 1. The summed E-state index contributed by atoms with van der Waals surface area (Å²) in [5.74, 6) is -2.73. The van der Waals surface area contributed by atoms with E-state index in [-0.39, 0.29) is 22.6 Å². The van der Waals surface area contributed by atoms with Crippen LogP contribution in [0.25, 0.3) is 10.9 Å². The number of benzene rings is 2. The highest BCUT2D eigenvalue weighted by atomic mass is 32.2. The number of carboxylic acids is 2. The van der Waals surface area contributed by atoms with Crippen molar-refractivity contribution in [1.82, 2.24) is 9.71 Å². The van der Waals surface area contributed by atoms with E-state index in [2.05, 4.69) is 9.71 Å². The number of aromatic nitrogens is 1. The van der Waals surface area contributed by atoms with Crippen molar-refractivity contribution in [3.63, 3.8) is 0 Å². The number of hydrogen-bond acceptors (Lipinski definition) is 5. The lowest BCUT2D eigenvalue weighted by atomic mass is 10.1. The van der Waals surface area contributed by atoms with Gasteiger partial charge in [-0.15, -0.1) is 0 Å². The number of aromatic carboxylic acids is 1. The van der Waals surface area contributed by atoms with Crippen LogP contribution in [-0.2, 0) is 21.2 Å². The van der Waals surface area contributed by atoms with E-state index in [1.54, 1.807) is 18.3 Å². The van der Waals surface area contributed by atoms with Gasteiger partial charge < -0.3 is 19.9 Å². The standard InChI is InChI=1S/C19H18N2O7S/c1-28-17-7-6-12(9-14(17)18(22)23)29(26,27)21-16(19(24)25)8-11-10-20-15-5-3-2-4-13(11)15/h2-7,9-10,16,20-21H,8H2,1H3,(H,22,23)(H,24,25)/t16-/m1/s1. The van der Waals surface area contributed by atoms with Crippen molar-refractivity contribution in [3.05, 3.63) is 59.8 Å². The number of ether oxygens (including phenoxy) is 1. The first kappa shape index (κ1) is 20.4. The van der Waals surface area contributed by atoms with Gasteiger partial charge in [-0.1, -0.05) is 18.2 Å². The maximum Gasteiger partial charge on any atom is 0.339 e. The number of carboxylic acid groups (broad SMARTS) is 2. The van der Waals surface area contributed by atoms with Gasteiger partial charge in [-0.3, -0.25) is 4.79 Å². The van der Waals surface area contributed by atoms with Gasteiger partial charge >= 0.3 is 11.9 Å². The van der Waals surface area contributed by atoms with Crippen LogP contribution < -0.4 is 9.46 Å².